The molecule has 1 aromatic carbocycles. The van der Waals surface area contributed by atoms with Gasteiger partial charge in [0, 0.05) is 0 Å². The third-order valence-electron chi connectivity index (χ3n) is 3.34. The lowest BCUT2D eigenvalue weighted by atomic mass is 10.0. The largest absolute Gasteiger partial charge is 0.397 e. The Balaban J connectivity index is 2.39. The van der Waals surface area contributed by atoms with Crippen LogP contribution < -0.4 is 11.1 Å². The first-order chi connectivity index (χ1) is 10.2. The van der Waals surface area contributed by atoms with Crippen molar-refractivity contribution < 1.29 is 4.43 Å². The Morgan fingerprint density at radius 2 is 1.91 bits per heavy atom. The molecule has 0 fully saturated rings. The van der Waals surface area contributed by atoms with Crippen LogP contribution >= 0.6 is 0 Å². The first-order valence-corrected chi connectivity index (χ1v) is 9.53. The summed E-state index contributed by atoms with van der Waals surface area (Å²) in [4.78, 5) is 26.7. The quantitative estimate of drug-likeness (QED) is 0.696. The molecular weight excluding hydrogens is 296 g/mol. The minimum absolute atomic E-state index is 0.184. The number of H-pyrrole nitrogens is 1. The molecule has 5 nitrogen and oxygen atoms in total. The number of rotatable bonds is 4. The Morgan fingerprint density at radius 1 is 1.27 bits per heavy atom. The van der Waals surface area contributed by atoms with Crippen LogP contribution in [0, 0.1) is 5.41 Å². The molecule has 0 bridgehead atoms. The van der Waals surface area contributed by atoms with E-state index in [1.165, 1.54) is 4.57 Å². The summed E-state index contributed by atoms with van der Waals surface area (Å²) in [5, 5.41) is 0. The fraction of sp³-hybridized carbons (Fsp3) is 0.500. The van der Waals surface area contributed by atoms with Crippen molar-refractivity contribution in [2.75, 3.05) is 0 Å². The number of hydrogen-bond donors (Lipinski definition) is 1. The average Bonchev–Trinajstić information content (AvgIpc) is 2.37. The van der Waals surface area contributed by atoms with Gasteiger partial charge in [0.15, 0.2) is 0 Å². The van der Waals surface area contributed by atoms with E-state index >= 15 is 0 Å². The van der Waals surface area contributed by atoms with Gasteiger partial charge in [-0.15, -0.1) is 0 Å². The van der Waals surface area contributed by atoms with Crippen molar-refractivity contribution in [3.8, 4) is 0 Å². The number of nitrogens with zero attached hydrogens (tertiary/aromatic N) is 1. The number of para-hydroxylation sites is 2. The maximum absolute atomic E-state index is 12.2. The topological polar surface area (TPSA) is 64.1 Å². The van der Waals surface area contributed by atoms with Crippen LogP contribution in [0.1, 0.15) is 33.9 Å². The molecule has 1 radical (unpaired) electrons. The van der Waals surface area contributed by atoms with E-state index in [2.05, 4.69) is 32.3 Å². The maximum Gasteiger partial charge on any atom is 0.318 e. The molecule has 0 spiro atoms. The Hall–Kier alpha value is -1.66. The molecule has 0 saturated heterocycles. The average molecular weight is 319 g/mol. The molecule has 1 heterocycles. The van der Waals surface area contributed by atoms with Crippen molar-refractivity contribution in [3.05, 3.63) is 45.0 Å². The van der Waals surface area contributed by atoms with Gasteiger partial charge in [0.2, 0.25) is 9.04 Å². The van der Waals surface area contributed by atoms with Crippen LogP contribution in [0.25, 0.3) is 11.0 Å². The molecule has 2 rings (SSSR count). The second kappa shape index (κ2) is 6.22. The molecule has 0 aliphatic heterocycles. The number of hydrogen-bond acceptors (Lipinski definition) is 3. The van der Waals surface area contributed by atoms with Crippen molar-refractivity contribution >= 4 is 20.1 Å². The molecule has 0 saturated carbocycles. The minimum atomic E-state index is -1.06. The molecule has 119 valence electrons. The normalized spacial score (nSPS) is 13.7. The summed E-state index contributed by atoms with van der Waals surface area (Å²) in [6, 6.07) is 8.24. The lowest BCUT2D eigenvalue weighted by Gasteiger charge is -2.26. The van der Waals surface area contributed by atoms with Crippen molar-refractivity contribution in [3.63, 3.8) is 0 Å². The second-order valence-corrected chi connectivity index (χ2v) is 8.80. The number of benzene rings is 1. The third-order valence-corrected chi connectivity index (χ3v) is 5.64. The van der Waals surface area contributed by atoms with Crippen LogP contribution in [0.3, 0.4) is 0 Å². The molecule has 1 unspecified atom stereocenters. The molecule has 1 aromatic heterocycles. The van der Waals surface area contributed by atoms with Gasteiger partial charge in [-0.2, -0.15) is 0 Å². The lowest BCUT2D eigenvalue weighted by molar-refractivity contribution is 0.148. The first kappa shape index (κ1) is 16.7. The molecule has 1 N–H and O–H groups in total. The summed E-state index contributed by atoms with van der Waals surface area (Å²) in [5.74, 6) is 0. The molecule has 0 aliphatic rings. The predicted octanol–water partition coefficient (Wildman–Crippen LogP) is 2.89. The monoisotopic (exact) mass is 319 g/mol. The van der Waals surface area contributed by atoms with Crippen molar-refractivity contribution in [2.24, 2.45) is 5.41 Å². The minimum Gasteiger partial charge on any atom is -0.397 e. The van der Waals surface area contributed by atoms with Gasteiger partial charge in [0.1, 0.15) is 6.23 Å². The number of aromatic nitrogens is 2. The fourth-order valence-corrected chi connectivity index (χ4v) is 4.94. The van der Waals surface area contributed by atoms with E-state index in [9.17, 15) is 9.59 Å². The van der Waals surface area contributed by atoms with Crippen LogP contribution in [-0.2, 0) is 4.43 Å². The van der Waals surface area contributed by atoms with Gasteiger partial charge in [-0.05, 0) is 37.1 Å². The van der Waals surface area contributed by atoms with Gasteiger partial charge in [0.25, 0.3) is 0 Å². The van der Waals surface area contributed by atoms with Gasteiger partial charge >= 0.3 is 11.1 Å². The van der Waals surface area contributed by atoms with Crippen LogP contribution in [0.5, 0.6) is 0 Å². The number of aromatic amines is 1. The highest BCUT2D eigenvalue weighted by molar-refractivity contribution is 6.50. The predicted molar refractivity (Wildman–Crippen MR) is 90.5 cm³/mol. The summed E-state index contributed by atoms with van der Waals surface area (Å²) in [6.45, 7) is 10.4. The molecule has 2 aromatic rings. The van der Waals surface area contributed by atoms with Gasteiger partial charge in [-0.3, -0.25) is 14.2 Å². The Labute approximate surface area is 131 Å². The van der Waals surface area contributed by atoms with Crippen LogP contribution in [0.4, 0.5) is 0 Å². The van der Waals surface area contributed by atoms with Crippen LogP contribution in [0.2, 0.25) is 12.6 Å². The highest BCUT2D eigenvalue weighted by Gasteiger charge is 2.22. The zero-order valence-electron chi connectivity index (χ0n) is 13.8. The van der Waals surface area contributed by atoms with Crippen molar-refractivity contribution in [1.82, 2.24) is 9.55 Å². The van der Waals surface area contributed by atoms with Crippen molar-refractivity contribution in [1.29, 1.82) is 0 Å². The van der Waals surface area contributed by atoms with E-state index in [1.54, 1.807) is 6.07 Å². The summed E-state index contributed by atoms with van der Waals surface area (Å²) in [6.07, 6.45) is -0.457. The SMILES string of the molecule is CC(O[Si](C)CC(C)(C)C)n1c(=O)c(=O)[nH]c2ccccc21. The van der Waals surface area contributed by atoms with E-state index in [0.717, 1.165) is 6.04 Å². The second-order valence-electron chi connectivity index (χ2n) is 6.80. The van der Waals surface area contributed by atoms with Crippen LogP contribution in [-0.4, -0.2) is 18.6 Å². The maximum atomic E-state index is 12.2. The molecule has 0 aliphatic carbocycles. The molecule has 22 heavy (non-hydrogen) atoms. The summed E-state index contributed by atoms with van der Waals surface area (Å²) >= 11 is 0. The number of fused-ring (bicyclic) bond motifs is 1. The van der Waals surface area contributed by atoms with Gasteiger partial charge in [-0.25, -0.2) is 0 Å². The van der Waals surface area contributed by atoms with Gasteiger partial charge in [0.05, 0.1) is 11.0 Å². The van der Waals surface area contributed by atoms with E-state index in [0.29, 0.717) is 11.0 Å². The van der Waals surface area contributed by atoms with E-state index in [4.69, 9.17) is 4.43 Å². The molecule has 6 heteroatoms. The highest BCUT2D eigenvalue weighted by Crippen LogP contribution is 2.24. The standard InChI is InChI=1S/C16H23N2O3Si/c1-11(21-22(5)10-16(2,3)4)18-13-9-7-6-8-12(13)17-14(19)15(18)20/h6-9,11H,10H2,1-5H3,(H,17,19). The summed E-state index contributed by atoms with van der Waals surface area (Å²) < 4.78 is 7.52. The van der Waals surface area contributed by atoms with E-state index in [1.807, 2.05) is 25.1 Å². The molecule has 0 amide bonds. The smallest absolute Gasteiger partial charge is 0.318 e. The zero-order chi connectivity index (χ0) is 16.5. The van der Waals surface area contributed by atoms with Crippen molar-refractivity contribution in [2.45, 2.75) is 46.5 Å². The van der Waals surface area contributed by atoms with Gasteiger partial charge < -0.3 is 9.41 Å². The Kier molecular flexibility index (Phi) is 4.72. The van der Waals surface area contributed by atoms with E-state index < -0.39 is 26.4 Å². The van der Waals surface area contributed by atoms with Crippen LogP contribution in [0.15, 0.2) is 33.9 Å². The zero-order valence-corrected chi connectivity index (χ0v) is 14.8. The fourth-order valence-electron chi connectivity index (χ4n) is 2.68. The molecule has 1 atom stereocenters. The van der Waals surface area contributed by atoms with E-state index in [-0.39, 0.29) is 5.41 Å². The lowest BCUT2D eigenvalue weighted by Crippen LogP contribution is -2.39. The van der Waals surface area contributed by atoms with Gasteiger partial charge in [-0.1, -0.05) is 32.9 Å². The third kappa shape index (κ3) is 3.75. The first-order valence-electron chi connectivity index (χ1n) is 7.42. The Morgan fingerprint density at radius 3 is 2.55 bits per heavy atom. The molecular formula is C16H23N2O3Si. The Bertz CT molecular complexity index is 773. The number of nitrogens with one attached hydrogen (secondary N) is 1. The summed E-state index contributed by atoms with van der Waals surface area (Å²) in [7, 11) is -1.06. The highest BCUT2D eigenvalue weighted by atomic mass is 28.3. The summed E-state index contributed by atoms with van der Waals surface area (Å²) in [5.41, 5.74) is 0.323.